The van der Waals surface area contributed by atoms with E-state index in [4.69, 9.17) is 4.74 Å². The lowest BCUT2D eigenvalue weighted by Gasteiger charge is -2.38. The van der Waals surface area contributed by atoms with Gasteiger partial charge in [0.1, 0.15) is 28.8 Å². The Morgan fingerprint density at radius 1 is 0.704 bits per heavy atom. The maximum atomic E-state index is 6.34. The van der Waals surface area contributed by atoms with Gasteiger partial charge in [0.25, 0.3) is 0 Å². The van der Waals surface area contributed by atoms with Crippen LogP contribution in [0, 0.1) is 0 Å². The normalized spacial score (nSPS) is 18.8. The first-order chi connectivity index (χ1) is 13.3. The molecule has 0 bridgehead atoms. The van der Waals surface area contributed by atoms with Crippen LogP contribution in [0.1, 0.15) is 26.2 Å². The Morgan fingerprint density at radius 3 is 1.52 bits per heavy atom. The molecule has 27 heavy (non-hydrogen) atoms. The molecule has 138 valence electrons. The van der Waals surface area contributed by atoms with Crippen LogP contribution in [0.3, 0.4) is 0 Å². The summed E-state index contributed by atoms with van der Waals surface area (Å²) in [6.07, 6.45) is 3.94. The van der Waals surface area contributed by atoms with Gasteiger partial charge in [0.15, 0.2) is 0 Å². The summed E-state index contributed by atoms with van der Waals surface area (Å²) in [4.78, 5) is 0. The summed E-state index contributed by atoms with van der Waals surface area (Å²) in [6.45, 7) is 3.32. The first kappa shape index (κ1) is 18.4. The molecule has 3 aromatic carbocycles. The third kappa shape index (κ3) is 3.47. The Balaban J connectivity index is 1.97. The predicted molar refractivity (Wildman–Crippen MR) is 118 cm³/mol. The first-order valence-electron chi connectivity index (χ1n) is 10.0. The van der Waals surface area contributed by atoms with E-state index in [2.05, 4.69) is 97.9 Å². The van der Waals surface area contributed by atoms with E-state index in [9.17, 15) is 0 Å². The van der Waals surface area contributed by atoms with Crippen LogP contribution in [0.5, 0.6) is 0 Å². The third-order valence-corrected chi connectivity index (χ3v) is 10.7. The van der Waals surface area contributed by atoms with Crippen LogP contribution in [0.25, 0.3) is 0 Å². The molecule has 3 aromatic rings. The highest BCUT2D eigenvalue weighted by Gasteiger charge is 2.53. The van der Waals surface area contributed by atoms with E-state index in [0.717, 1.165) is 13.0 Å². The van der Waals surface area contributed by atoms with Gasteiger partial charge >= 0.3 is 0 Å². The predicted octanol–water partition coefficient (Wildman–Crippen LogP) is 4.94. The van der Waals surface area contributed by atoms with Crippen LogP contribution in [-0.2, 0) is 4.74 Å². The maximum absolute atomic E-state index is 6.34. The Morgan fingerprint density at radius 2 is 1.15 bits per heavy atom. The van der Waals surface area contributed by atoms with Gasteiger partial charge in [-0.1, -0.05) is 54.6 Å². The molecule has 0 saturated carbocycles. The van der Waals surface area contributed by atoms with Gasteiger partial charge in [-0.25, -0.2) is 0 Å². The zero-order valence-corrected chi connectivity index (χ0v) is 16.9. The largest absolute Gasteiger partial charge is 0.374 e. The molecule has 2 heteroatoms. The smallest absolute Gasteiger partial charge is 0.117 e. The minimum atomic E-state index is -1.84. The van der Waals surface area contributed by atoms with E-state index in [1.54, 1.807) is 0 Å². The summed E-state index contributed by atoms with van der Waals surface area (Å²) in [5.74, 6) is 0. The molecule has 1 aliphatic heterocycles. The van der Waals surface area contributed by atoms with Crippen LogP contribution < -0.4 is 15.9 Å². The molecule has 4 rings (SSSR count). The summed E-state index contributed by atoms with van der Waals surface area (Å²) >= 11 is 0. The van der Waals surface area contributed by atoms with Crippen molar-refractivity contribution in [1.29, 1.82) is 0 Å². The second-order valence-corrected chi connectivity index (χ2v) is 11.2. The highest BCUT2D eigenvalue weighted by molar-refractivity contribution is 7.96. The Hall–Kier alpha value is -1.95. The summed E-state index contributed by atoms with van der Waals surface area (Å²) < 4.78 is 6.34. The molecule has 2 unspecified atom stereocenters. The lowest BCUT2D eigenvalue weighted by Crippen LogP contribution is -2.44. The second-order valence-electron chi connectivity index (χ2n) is 7.37. The number of ether oxygens (including phenoxy) is 1. The summed E-state index contributed by atoms with van der Waals surface area (Å²) in [6, 6.07) is 33.4. The molecule has 0 aliphatic carbocycles. The van der Waals surface area contributed by atoms with Gasteiger partial charge in [0.05, 0.1) is 6.10 Å². The van der Waals surface area contributed by atoms with E-state index in [-0.39, 0.29) is 0 Å². The number of rotatable bonds is 5. The summed E-state index contributed by atoms with van der Waals surface area (Å²) in [5, 5.41) is 4.34. The SMILES string of the molecule is CC(C1CCCCO1)[P+](c1ccccc1)(c1ccccc1)c1ccccc1. The Kier molecular flexibility index (Phi) is 5.72. The maximum Gasteiger partial charge on any atom is 0.117 e. The van der Waals surface area contributed by atoms with Crippen LogP contribution in [0.2, 0.25) is 0 Å². The second kappa shape index (κ2) is 8.38. The molecule has 0 spiro atoms. The Bertz CT molecular complexity index is 729. The minimum Gasteiger partial charge on any atom is -0.374 e. The van der Waals surface area contributed by atoms with Crippen molar-refractivity contribution in [2.24, 2.45) is 0 Å². The molecule has 1 aliphatic rings. The number of benzene rings is 3. The molecular formula is C25H28OP+. The lowest BCUT2D eigenvalue weighted by molar-refractivity contribution is 0.0169. The molecule has 0 aromatic heterocycles. The fraction of sp³-hybridized carbons (Fsp3) is 0.280. The van der Waals surface area contributed by atoms with E-state index in [1.807, 2.05) is 0 Å². The zero-order chi connectivity index (χ0) is 18.5. The molecule has 1 heterocycles. The van der Waals surface area contributed by atoms with Crippen LogP contribution in [0.4, 0.5) is 0 Å². The van der Waals surface area contributed by atoms with E-state index in [1.165, 1.54) is 28.8 Å². The fourth-order valence-corrected chi connectivity index (χ4v) is 9.50. The van der Waals surface area contributed by atoms with E-state index >= 15 is 0 Å². The summed E-state index contributed by atoms with van der Waals surface area (Å²) in [7, 11) is -1.84. The van der Waals surface area contributed by atoms with Crippen LogP contribution in [0.15, 0.2) is 91.0 Å². The molecule has 1 saturated heterocycles. The highest BCUT2D eigenvalue weighted by Crippen LogP contribution is 2.61. The monoisotopic (exact) mass is 375 g/mol. The van der Waals surface area contributed by atoms with Crippen molar-refractivity contribution >= 4 is 23.2 Å². The van der Waals surface area contributed by atoms with Gasteiger partial charge in [-0.2, -0.15) is 0 Å². The van der Waals surface area contributed by atoms with Gasteiger partial charge in [0, 0.05) is 6.61 Å². The molecule has 2 atom stereocenters. The number of hydrogen-bond donors (Lipinski definition) is 0. The average molecular weight is 375 g/mol. The van der Waals surface area contributed by atoms with Crippen molar-refractivity contribution in [2.75, 3.05) is 6.61 Å². The van der Waals surface area contributed by atoms with Crippen molar-refractivity contribution in [1.82, 2.24) is 0 Å². The van der Waals surface area contributed by atoms with Gasteiger partial charge in [0.2, 0.25) is 0 Å². The average Bonchev–Trinajstić information content (AvgIpc) is 2.77. The van der Waals surface area contributed by atoms with Crippen molar-refractivity contribution in [3.63, 3.8) is 0 Å². The Labute approximate surface area is 163 Å². The summed E-state index contributed by atoms with van der Waals surface area (Å²) in [5.41, 5.74) is 0.435. The van der Waals surface area contributed by atoms with Gasteiger partial charge in [-0.15, -0.1) is 0 Å². The van der Waals surface area contributed by atoms with Gasteiger partial charge in [-0.05, 0) is 62.6 Å². The molecule has 0 radical (unpaired) electrons. The standard InChI is InChI=1S/C25H28OP/c1-21(25-19-11-12-20-26-25)27(22-13-5-2-6-14-22,23-15-7-3-8-16-23)24-17-9-4-10-18-24/h2-10,13-18,21,25H,11-12,19-20H2,1H3/q+1. The van der Waals surface area contributed by atoms with Crippen LogP contribution >= 0.6 is 7.26 Å². The van der Waals surface area contributed by atoms with E-state index < -0.39 is 7.26 Å². The third-order valence-electron chi connectivity index (χ3n) is 5.85. The fourth-order valence-electron chi connectivity index (χ4n) is 4.54. The van der Waals surface area contributed by atoms with Crippen molar-refractivity contribution in [2.45, 2.75) is 37.9 Å². The molecule has 0 amide bonds. The van der Waals surface area contributed by atoms with E-state index in [0.29, 0.717) is 11.8 Å². The first-order valence-corrected chi connectivity index (χ1v) is 11.9. The van der Waals surface area contributed by atoms with Crippen molar-refractivity contribution in [3.05, 3.63) is 91.0 Å². The quantitative estimate of drug-likeness (QED) is 0.574. The van der Waals surface area contributed by atoms with Crippen LogP contribution in [-0.4, -0.2) is 18.4 Å². The van der Waals surface area contributed by atoms with Gasteiger partial charge < -0.3 is 4.74 Å². The zero-order valence-electron chi connectivity index (χ0n) is 16.0. The number of hydrogen-bond acceptors (Lipinski definition) is 1. The molecule has 1 nitrogen and oxygen atoms in total. The minimum absolute atomic E-state index is 0.313. The topological polar surface area (TPSA) is 9.23 Å². The van der Waals surface area contributed by atoms with Crippen molar-refractivity contribution in [3.8, 4) is 0 Å². The molecule has 0 N–H and O–H groups in total. The lowest BCUT2D eigenvalue weighted by atomic mass is 10.1. The van der Waals surface area contributed by atoms with Gasteiger partial charge in [-0.3, -0.25) is 0 Å². The highest BCUT2D eigenvalue weighted by atomic mass is 31.2. The molecular weight excluding hydrogens is 347 g/mol. The van der Waals surface area contributed by atoms with Crippen molar-refractivity contribution < 1.29 is 4.74 Å². The molecule has 1 fully saturated rings.